The molecule has 0 bridgehead atoms. The second-order valence-corrected chi connectivity index (χ2v) is 5.26. The maximum Gasteiger partial charge on any atom is 0.226 e. The van der Waals surface area contributed by atoms with Gasteiger partial charge in [0, 0.05) is 15.4 Å². The van der Waals surface area contributed by atoms with Crippen LogP contribution in [0.25, 0.3) is 0 Å². The van der Waals surface area contributed by atoms with Crippen molar-refractivity contribution in [3.63, 3.8) is 0 Å². The summed E-state index contributed by atoms with van der Waals surface area (Å²) in [5.74, 6) is 1.11. The third-order valence-corrected chi connectivity index (χ3v) is 4.25. The summed E-state index contributed by atoms with van der Waals surface area (Å²) in [6.45, 7) is 1.96. The zero-order valence-corrected chi connectivity index (χ0v) is 12.3. The molecule has 90 valence electrons. The molecule has 0 fully saturated rings. The van der Waals surface area contributed by atoms with Crippen LogP contribution in [0.1, 0.15) is 30.2 Å². The maximum absolute atomic E-state index is 6.08. The van der Waals surface area contributed by atoms with Gasteiger partial charge in [-0.25, -0.2) is 0 Å². The second-order valence-electron chi connectivity index (χ2n) is 3.55. The standard InChI is InChI=1S/C11H11Br2N3O/c1-2-9-15-11(16-17-9)10(14)6-3-4-7(12)8(13)5-6/h3-5,10H,2,14H2,1H3. The first-order valence-electron chi connectivity index (χ1n) is 5.14. The Kier molecular flexibility index (Phi) is 3.96. The van der Waals surface area contributed by atoms with Gasteiger partial charge in [-0.3, -0.25) is 0 Å². The van der Waals surface area contributed by atoms with E-state index in [2.05, 4.69) is 42.0 Å². The molecule has 2 N–H and O–H groups in total. The summed E-state index contributed by atoms with van der Waals surface area (Å²) < 4.78 is 6.98. The lowest BCUT2D eigenvalue weighted by atomic mass is 10.1. The molecule has 0 radical (unpaired) electrons. The molecule has 0 aliphatic carbocycles. The molecule has 0 spiro atoms. The summed E-state index contributed by atoms with van der Waals surface area (Å²) in [7, 11) is 0. The number of aryl methyl sites for hydroxylation is 1. The van der Waals surface area contributed by atoms with Crippen LogP contribution >= 0.6 is 31.9 Å². The Morgan fingerprint density at radius 2 is 2.12 bits per heavy atom. The largest absolute Gasteiger partial charge is 0.339 e. The van der Waals surface area contributed by atoms with Gasteiger partial charge < -0.3 is 10.3 Å². The smallest absolute Gasteiger partial charge is 0.226 e. The van der Waals surface area contributed by atoms with Crippen LogP contribution in [0.3, 0.4) is 0 Å². The fourth-order valence-electron chi connectivity index (χ4n) is 1.39. The minimum absolute atomic E-state index is 0.372. The van der Waals surface area contributed by atoms with E-state index in [0.717, 1.165) is 14.5 Å². The SMILES string of the molecule is CCc1nc(C(N)c2ccc(Br)c(Br)c2)no1. The summed E-state index contributed by atoms with van der Waals surface area (Å²) in [5.41, 5.74) is 7.02. The normalized spacial score (nSPS) is 12.7. The first-order chi connectivity index (χ1) is 8.11. The number of halogens is 2. The highest BCUT2D eigenvalue weighted by Crippen LogP contribution is 2.27. The predicted molar refractivity (Wildman–Crippen MR) is 71.5 cm³/mol. The Hall–Kier alpha value is -0.720. The lowest BCUT2D eigenvalue weighted by Gasteiger charge is -2.08. The van der Waals surface area contributed by atoms with Crippen LogP contribution in [0.15, 0.2) is 31.7 Å². The van der Waals surface area contributed by atoms with Gasteiger partial charge in [-0.2, -0.15) is 4.98 Å². The van der Waals surface area contributed by atoms with Gasteiger partial charge >= 0.3 is 0 Å². The van der Waals surface area contributed by atoms with Crippen molar-refractivity contribution in [2.45, 2.75) is 19.4 Å². The van der Waals surface area contributed by atoms with Crippen molar-refractivity contribution in [3.8, 4) is 0 Å². The maximum atomic E-state index is 6.08. The lowest BCUT2D eigenvalue weighted by molar-refractivity contribution is 0.375. The number of rotatable bonds is 3. The molecular weight excluding hydrogens is 350 g/mol. The summed E-state index contributed by atoms with van der Waals surface area (Å²) in [5, 5.41) is 3.88. The summed E-state index contributed by atoms with van der Waals surface area (Å²) in [6, 6.07) is 5.43. The molecule has 0 amide bonds. The quantitative estimate of drug-likeness (QED) is 0.912. The number of aromatic nitrogens is 2. The summed E-state index contributed by atoms with van der Waals surface area (Å²) in [6.07, 6.45) is 0.712. The van der Waals surface area contributed by atoms with Gasteiger partial charge in [0.05, 0.1) is 6.04 Å². The van der Waals surface area contributed by atoms with E-state index in [1.165, 1.54) is 0 Å². The molecule has 2 rings (SSSR count). The third-order valence-electron chi connectivity index (χ3n) is 2.37. The molecule has 1 heterocycles. The zero-order chi connectivity index (χ0) is 12.4. The van der Waals surface area contributed by atoms with Crippen molar-refractivity contribution in [2.24, 2.45) is 5.73 Å². The average Bonchev–Trinajstić information content (AvgIpc) is 2.80. The second kappa shape index (κ2) is 5.29. The van der Waals surface area contributed by atoms with E-state index in [-0.39, 0.29) is 6.04 Å². The molecule has 1 aromatic carbocycles. The molecule has 0 saturated heterocycles. The molecule has 6 heteroatoms. The Morgan fingerprint density at radius 1 is 1.35 bits per heavy atom. The molecule has 1 atom stereocenters. The fourth-order valence-corrected chi connectivity index (χ4v) is 2.04. The zero-order valence-electron chi connectivity index (χ0n) is 9.15. The molecule has 2 aromatic rings. The monoisotopic (exact) mass is 359 g/mol. The van der Waals surface area contributed by atoms with E-state index in [1.807, 2.05) is 25.1 Å². The van der Waals surface area contributed by atoms with E-state index in [0.29, 0.717) is 18.1 Å². The first-order valence-corrected chi connectivity index (χ1v) is 6.73. The molecule has 17 heavy (non-hydrogen) atoms. The molecular formula is C11H11Br2N3O. The van der Waals surface area contributed by atoms with Crippen molar-refractivity contribution in [1.29, 1.82) is 0 Å². The molecule has 0 aliphatic rings. The number of nitrogens with zero attached hydrogens (tertiary/aromatic N) is 2. The Balaban J connectivity index is 2.29. The van der Waals surface area contributed by atoms with Crippen molar-refractivity contribution < 1.29 is 4.52 Å². The van der Waals surface area contributed by atoms with Gasteiger partial charge in [-0.15, -0.1) is 0 Å². The molecule has 1 aromatic heterocycles. The fraction of sp³-hybridized carbons (Fsp3) is 0.273. The van der Waals surface area contributed by atoms with E-state index < -0.39 is 0 Å². The van der Waals surface area contributed by atoms with Gasteiger partial charge in [-0.05, 0) is 49.6 Å². The van der Waals surface area contributed by atoms with E-state index in [1.54, 1.807) is 0 Å². The van der Waals surface area contributed by atoms with Gasteiger partial charge in [-0.1, -0.05) is 18.1 Å². The topological polar surface area (TPSA) is 64.9 Å². The number of hydrogen-bond donors (Lipinski definition) is 1. The first kappa shape index (κ1) is 12.7. The van der Waals surface area contributed by atoms with Gasteiger partial charge in [0.2, 0.25) is 5.89 Å². The van der Waals surface area contributed by atoms with E-state index >= 15 is 0 Å². The number of benzene rings is 1. The van der Waals surface area contributed by atoms with E-state index in [9.17, 15) is 0 Å². The van der Waals surface area contributed by atoms with E-state index in [4.69, 9.17) is 10.3 Å². The van der Waals surface area contributed by atoms with Gasteiger partial charge in [0.25, 0.3) is 0 Å². The van der Waals surface area contributed by atoms with Gasteiger partial charge in [0.15, 0.2) is 5.82 Å². The average molecular weight is 361 g/mol. The number of hydrogen-bond acceptors (Lipinski definition) is 4. The highest BCUT2D eigenvalue weighted by atomic mass is 79.9. The molecule has 0 aliphatic heterocycles. The van der Waals surface area contributed by atoms with Crippen LogP contribution in [-0.2, 0) is 6.42 Å². The predicted octanol–water partition coefficient (Wildman–Crippen LogP) is 3.21. The summed E-state index contributed by atoms with van der Waals surface area (Å²) in [4.78, 5) is 4.23. The van der Waals surface area contributed by atoms with Crippen LogP contribution < -0.4 is 5.73 Å². The molecule has 1 unspecified atom stereocenters. The van der Waals surface area contributed by atoms with Crippen LogP contribution in [0.4, 0.5) is 0 Å². The minimum atomic E-state index is -0.372. The lowest BCUT2D eigenvalue weighted by Crippen LogP contribution is -2.13. The molecule has 0 saturated carbocycles. The highest BCUT2D eigenvalue weighted by Gasteiger charge is 2.16. The third kappa shape index (κ3) is 2.75. The minimum Gasteiger partial charge on any atom is -0.339 e. The van der Waals surface area contributed by atoms with Crippen LogP contribution in [0.5, 0.6) is 0 Å². The Bertz CT molecular complexity index is 527. The van der Waals surface area contributed by atoms with Crippen LogP contribution in [0, 0.1) is 0 Å². The van der Waals surface area contributed by atoms with Crippen molar-refractivity contribution in [2.75, 3.05) is 0 Å². The van der Waals surface area contributed by atoms with Crippen LogP contribution in [0.2, 0.25) is 0 Å². The van der Waals surface area contributed by atoms with Crippen molar-refractivity contribution in [3.05, 3.63) is 44.4 Å². The Morgan fingerprint density at radius 3 is 2.71 bits per heavy atom. The van der Waals surface area contributed by atoms with Gasteiger partial charge in [0.1, 0.15) is 0 Å². The van der Waals surface area contributed by atoms with Crippen LogP contribution in [-0.4, -0.2) is 10.1 Å². The number of nitrogens with two attached hydrogens (primary N) is 1. The highest BCUT2D eigenvalue weighted by molar-refractivity contribution is 9.13. The summed E-state index contributed by atoms with van der Waals surface area (Å²) >= 11 is 6.85. The van der Waals surface area contributed by atoms with Crippen molar-refractivity contribution >= 4 is 31.9 Å². The molecule has 4 nitrogen and oxygen atoms in total. The van der Waals surface area contributed by atoms with Crippen molar-refractivity contribution in [1.82, 2.24) is 10.1 Å². The Labute approximate surface area is 116 Å².